The van der Waals surface area contributed by atoms with Crippen LogP contribution in [0.1, 0.15) is 93.2 Å². The van der Waals surface area contributed by atoms with Gasteiger partial charge in [-0.15, -0.1) is 0 Å². The summed E-state index contributed by atoms with van der Waals surface area (Å²) in [6.07, 6.45) is 1.67. The zero-order valence-corrected chi connectivity index (χ0v) is 23.5. The van der Waals surface area contributed by atoms with Gasteiger partial charge in [-0.25, -0.2) is 0 Å². The summed E-state index contributed by atoms with van der Waals surface area (Å²) in [5.41, 5.74) is 3.26. The molecule has 0 bridgehead atoms. The van der Waals surface area contributed by atoms with Gasteiger partial charge in [-0.2, -0.15) is 0 Å². The molecule has 0 saturated carbocycles. The summed E-state index contributed by atoms with van der Waals surface area (Å²) < 4.78 is 0. The summed E-state index contributed by atoms with van der Waals surface area (Å²) >= 11 is 0. The average molecular weight is 511 g/mol. The molecule has 0 spiro atoms. The highest BCUT2D eigenvalue weighted by Gasteiger charge is 2.48. The second-order valence-corrected chi connectivity index (χ2v) is 12.4. The number of fused-ring (bicyclic) bond motifs is 2. The second-order valence-electron chi connectivity index (χ2n) is 12.4. The monoisotopic (exact) mass is 510 g/mol. The van der Waals surface area contributed by atoms with E-state index < -0.39 is 5.41 Å². The third-order valence-corrected chi connectivity index (χ3v) is 8.12. The molecule has 5 heteroatoms. The predicted molar refractivity (Wildman–Crippen MR) is 154 cm³/mol. The molecule has 0 fully saturated rings. The van der Waals surface area contributed by atoms with Crippen molar-refractivity contribution < 1.29 is 14.4 Å². The van der Waals surface area contributed by atoms with Crippen LogP contribution >= 0.6 is 0 Å². The summed E-state index contributed by atoms with van der Waals surface area (Å²) in [4.78, 5) is 39.5. The Hall–Kier alpha value is -3.73. The van der Waals surface area contributed by atoms with E-state index in [4.69, 9.17) is 0 Å². The van der Waals surface area contributed by atoms with Crippen LogP contribution in [0.2, 0.25) is 0 Å². The molecule has 0 aliphatic heterocycles. The van der Waals surface area contributed by atoms with Crippen LogP contribution < -0.4 is 10.6 Å². The van der Waals surface area contributed by atoms with Crippen LogP contribution in [0.3, 0.4) is 0 Å². The summed E-state index contributed by atoms with van der Waals surface area (Å²) in [6, 6.07) is 19.7. The molecular formula is C33H38N2O3. The smallest absolute Gasteiger partial charge is 0.230 e. The molecule has 5 nitrogen and oxygen atoms in total. The van der Waals surface area contributed by atoms with Gasteiger partial charge in [0.1, 0.15) is 0 Å². The highest BCUT2D eigenvalue weighted by molar-refractivity contribution is 6.28. The van der Waals surface area contributed by atoms with Gasteiger partial charge in [-0.1, -0.05) is 72.7 Å². The number of carbonyl (C=O) groups excluding carboxylic acids is 3. The number of anilines is 3. The lowest BCUT2D eigenvalue weighted by atomic mass is 9.59. The number of nitrogens with one attached hydrogen (secondary N) is 2. The molecule has 0 aromatic heterocycles. The fourth-order valence-electron chi connectivity index (χ4n) is 5.33. The number of carbonyl (C=O) groups is 3. The first-order chi connectivity index (χ1) is 17.8. The third kappa shape index (κ3) is 5.15. The fraction of sp³-hybridized carbons (Fsp3) is 0.364. The Labute approximate surface area is 226 Å². The van der Waals surface area contributed by atoms with E-state index in [1.165, 1.54) is 0 Å². The van der Waals surface area contributed by atoms with E-state index >= 15 is 0 Å². The van der Waals surface area contributed by atoms with Crippen LogP contribution in [-0.4, -0.2) is 17.5 Å². The van der Waals surface area contributed by atoms with Gasteiger partial charge in [0.25, 0.3) is 0 Å². The third-order valence-electron chi connectivity index (χ3n) is 8.12. The lowest BCUT2D eigenvalue weighted by Crippen LogP contribution is -2.47. The minimum absolute atomic E-state index is 0.00918. The minimum atomic E-state index is -0.539. The van der Waals surface area contributed by atoms with Crippen LogP contribution in [0.15, 0.2) is 66.7 Å². The molecule has 3 aromatic rings. The number of amides is 1. The van der Waals surface area contributed by atoms with Gasteiger partial charge in [-0.3, -0.25) is 14.4 Å². The topological polar surface area (TPSA) is 75.3 Å². The van der Waals surface area contributed by atoms with Gasteiger partial charge in [0.05, 0.1) is 5.41 Å². The molecule has 2 N–H and O–H groups in total. The van der Waals surface area contributed by atoms with Gasteiger partial charge in [-0.05, 0) is 66.1 Å². The van der Waals surface area contributed by atoms with E-state index in [1.54, 1.807) is 42.5 Å². The summed E-state index contributed by atoms with van der Waals surface area (Å²) in [5, 5.41) is 6.46. The molecule has 4 rings (SSSR count). The van der Waals surface area contributed by atoms with Gasteiger partial charge in [0.15, 0.2) is 11.6 Å². The van der Waals surface area contributed by atoms with E-state index in [-0.39, 0.29) is 28.3 Å². The Morgan fingerprint density at radius 1 is 0.684 bits per heavy atom. The first kappa shape index (κ1) is 27.3. The zero-order valence-electron chi connectivity index (χ0n) is 23.5. The standard InChI is InChI=1S/C33H38N2O3/c1-8-32(5,6)33(7,20-31(2,3)4)30(38)35-22-15-13-21(14-16-22)34-23-17-18-26-27(19-23)29(37)25-12-10-9-11-24(25)28(26)36/h9-19,34H,8,20H2,1-7H3,(H,35,38). The van der Waals surface area contributed by atoms with E-state index in [2.05, 4.69) is 59.1 Å². The fourth-order valence-corrected chi connectivity index (χ4v) is 5.33. The maximum absolute atomic E-state index is 13.6. The van der Waals surface area contributed by atoms with E-state index in [0.29, 0.717) is 27.9 Å². The van der Waals surface area contributed by atoms with Crippen LogP contribution in [0.5, 0.6) is 0 Å². The lowest BCUT2D eigenvalue weighted by Gasteiger charge is -2.46. The molecule has 0 radical (unpaired) electrons. The molecule has 1 aliphatic carbocycles. The Balaban J connectivity index is 1.51. The van der Waals surface area contributed by atoms with E-state index in [9.17, 15) is 14.4 Å². The Kier molecular flexibility index (Phi) is 7.09. The largest absolute Gasteiger partial charge is 0.356 e. The van der Waals surface area contributed by atoms with Crippen LogP contribution in [0.4, 0.5) is 17.1 Å². The molecule has 1 aliphatic rings. The summed E-state index contributed by atoms with van der Waals surface area (Å²) in [6.45, 7) is 15.1. The van der Waals surface area contributed by atoms with Crippen molar-refractivity contribution >= 4 is 34.5 Å². The lowest BCUT2D eigenvalue weighted by molar-refractivity contribution is -0.134. The van der Waals surface area contributed by atoms with Crippen molar-refractivity contribution in [2.75, 3.05) is 10.6 Å². The normalized spacial score (nSPS) is 14.8. The quantitative estimate of drug-likeness (QED) is 0.264. The maximum atomic E-state index is 13.6. The zero-order chi connectivity index (χ0) is 27.9. The molecule has 38 heavy (non-hydrogen) atoms. The minimum Gasteiger partial charge on any atom is -0.356 e. The first-order valence-corrected chi connectivity index (χ1v) is 13.3. The Morgan fingerprint density at radius 2 is 1.18 bits per heavy atom. The van der Waals surface area contributed by atoms with E-state index in [1.807, 2.05) is 24.3 Å². The Morgan fingerprint density at radius 3 is 1.74 bits per heavy atom. The van der Waals surface area contributed by atoms with E-state index in [0.717, 1.165) is 24.2 Å². The number of hydrogen-bond donors (Lipinski definition) is 2. The number of benzene rings is 3. The maximum Gasteiger partial charge on any atom is 0.230 e. The number of ketones is 2. The molecule has 0 saturated heterocycles. The van der Waals surface area contributed by atoms with Gasteiger partial charge >= 0.3 is 0 Å². The summed E-state index contributed by atoms with van der Waals surface area (Å²) in [5.74, 6) is -0.255. The predicted octanol–water partition coefficient (Wildman–Crippen LogP) is 8.02. The molecule has 3 aromatic carbocycles. The second kappa shape index (κ2) is 9.86. The molecule has 1 amide bonds. The number of rotatable bonds is 7. The Bertz CT molecular complexity index is 1400. The molecule has 1 atom stereocenters. The molecular weight excluding hydrogens is 472 g/mol. The molecule has 198 valence electrons. The highest BCUT2D eigenvalue weighted by atomic mass is 16.2. The van der Waals surface area contributed by atoms with Crippen molar-refractivity contribution in [1.82, 2.24) is 0 Å². The average Bonchev–Trinajstić information content (AvgIpc) is 2.87. The first-order valence-electron chi connectivity index (χ1n) is 13.3. The van der Waals surface area contributed by atoms with Crippen molar-refractivity contribution in [3.05, 3.63) is 89.0 Å². The van der Waals surface area contributed by atoms with Gasteiger partial charge < -0.3 is 10.6 Å². The van der Waals surface area contributed by atoms with Crippen molar-refractivity contribution in [3.63, 3.8) is 0 Å². The summed E-state index contributed by atoms with van der Waals surface area (Å²) in [7, 11) is 0. The highest BCUT2D eigenvalue weighted by Crippen LogP contribution is 2.49. The molecule has 1 unspecified atom stereocenters. The van der Waals surface area contributed by atoms with Gasteiger partial charge in [0.2, 0.25) is 5.91 Å². The van der Waals surface area contributed by atoms with Crippen LogP contribution in [0.25, 0.3) is 0 Å². The van der Waals surface area contributed by atoms with Gasteiger partial charge in [0, 0.05) is 39.3 Å². The van der Waals surface area contributed by atoms with Crippen molar-refractivity contribution in [3.8, 4) is 0 Å². The van der Waals surface area contributed by atoms with Crippen LogP contribution in [-0.2, 0) is 4.79 Å². The van der Waals surface area contributed by atoms with Crippen molar-refractivity contribution in [1.29, 1.82) is 0 Å². The van der Waals surface area contributed by atoms with Crippen molar-refractivity contribution in [2.24, 2.45) is 16.2 Å². The number of hydrogen-bond acceptors (Lipinski definition) is 4. The van der Waals surface area contributed by atoms with Crippen molar-refractivity contribution in [2.45, 2.75) is 61.3 Å². The SMILES string of the molecule is CCC(C)(C)C(C)(CC(C)(C)C)C(=O)Nc1ccc(Nc2ccc3c(c2)C(=O)c2ccccc2C3=O)cc1. The molecule has 0 heterocycles. The van der Waals surface area contributed by atoms with Crippen LogP contribution in [0, 0.1) is 16.2 Å².